The third kappa shape index (κ3) is 16.9. The van der Waals surface area contributed by atoms with E-state index in [0.29, 0.717) is 34.6 Å². The second-order valence-corrected chi connectivity index (χ2v) is 24.4. The standard InChI is InChI=1S/C33H42N4O3.C28H32BrN3O3/c1-32(2,3)25-13-11-24(12-14-25)30(38)36-28(31(39)40)19-22-7-9-23(10-8-22)29-34-20-27(21-35-29)37-17-15-26(16-18-37)33(4,5)6;1-27(2,3)21-13-11-20(12-14-21)25(33)32-23(26(34)35-28(4,5)6)15-18-7-9-19(10-8-18)24-30-16-22(29)17-31-24/h7-14,20-21,26,28H,15-19H2,1-6H3,(H,36,38)(H,39,40);7-14,16-17,23H,15H2,1-6H3,(H,32,33)/t28-;23-/m00/s1. The molecule has 0 radical (unpaired) electrons. The molecule has 4 aromatic carbocycles. The SMILES string of the molecule is CC(C)(C)OC(=O)[C@H](Cc1ccc(-c2ncc(Br)cn2)cc1)NC(=O)c1ccc(C(C)(C)C)cc1.CC(C)(C)c1ccc(C(=O)N[C@@H](Cc2ccc(-c3ncc(N4CCC(C(C)(C)C)CC4)cn3)cc2)C(=O)O)cc1. The number of piperidine rings is 1. The summed E-state index contributed by atoms with van der Waals surface area (Å²) < 4.78 is 6.41. The Morgan fingerprint density at radius 2 is 0.973 bits per heavy atom. The summed E-state index contributed by atoms with van der Waals surface area (Å²) in [4.78, 5) is 70.9. The number of anilines is 1. The Hall–Kier alpha value is -6.80. The highest BCUT2D eigenvalue weighted by Crippen LogP contribution is 2.35. The maximum atomic E-state index is 13.0. The first-order valence-corrected chi connectivity index (χ1v) is 26.4. The van der Waals surface area contributed by atoms with Crippen LogP contribution in [0.15, 0.2) is 126 Å². The summed E-state index contributed by atoms with van der Waals surface area (Å²) in [5.74, 6) is -0.304. The normalized spacial score (nSPS) is 14.2. The van der Waals surface area contributed by atoms with Gasteiger partial charge in [0, 0.05) is 60.6 Å². The highest BCUT2D eigenvalue weighted by atomic mass is 79.9. The van der Waals surface area contributed by atoms with Gasteiger partial charge >= 0.3 is 11.9 Å². The number of ether oxygens (including phenoxy) is 1. The molecule has 3 heterocycles. The first kappa shape index (κ1) is 57.5. The highest BCUT2D eigenvalue weighted by Gasteiger charge is 2.30. The zero-order valence-electron chi connectivity index (χ0n) is 45.6. The van der Waals surface area contributed by atoms with Crippen LogP contribution >= 0.6 is 15.9 Å². The number of benzene rings is 4. The van der Waals surface area contributed by atoms with Gasteiger partial charge in [-0.25, -0.2) is 29.5 Å². The summed E-state index contributed by atoms with van der Waals surface area (Å²) in [6.45, 7) is 27.1. The molecule has 14 heteroatoms. The topological polar surface area (TPSA) is 177 Å². The monoisotopic (exact) mass is 1080 g/mol. The van der Waals surface area contributed by atoms with Gasteiger partial charge in [0.1, 0.15) is 17.7 Å². The lowest BCUT2D eigenvalue weighted by atomic mass is 9.75. The summed E-state index contributed by atoms with van der Waals surface area (Å²) in [7, 11) is 0. The molecular formula is C61H74BrN7O6. The van der Waals surface area contributed by atoms with Crippen LogP contribution in [0.5, 0.6) is 0 Å². The Balaban J connectivity index is 0.000000246. The summed E-state index contributed by atoms with van der Waals surface area (Å²) in [5, 5.41) is 15.3. The molecule has 7 rings (SSSR count). The number of carboxylic acids is 1. The molecule has 3 N–H and O–H groups in total. The number of hydrogen-bond acceptors (Lipinski definition) is 10. The van der Waals surface area contributed by atoms with Gasteiger partial charge < -0.3 is 25.4 Å². The van der Waals surface area contributed by atoms with E-state index in [1.807, 2.05) is 106 Å². The number of halogens is 1. The van der Waals surface area contributed by atoms with Gasteiger partial charge in [0.25, 0.3) is 11.8 Å². The molecule has 6 aromatic rings. The largest absolute Gasteiger partial charge is 0.480 e. The molecule has 2 aromatic heterocycles. The van der Waals surface area contributed by atoms with Crippen molar-refractivity contribution in [2.24, 2.45) is 11.3 Å². The zero-order valence-corrected chi connectivity index (χ0v) is 47.2. The molecule has 0 aliphatic carbocycles. The van der Waals surface area contributed by atoms with Gasteiger partial charge in [-0.1, -0.05) is 135 Å². The fraction of sp³-hybridized carbons (Fsp3) is 0.410. The lowest BCUT2D eigenvalue weighted by molar-refractivity contribution is -0.157. The van der Waals surface area contributed by atoms with E-state index in [1.165, 1.54) is 12.8 Å². The average Bonchev–Trinajstić information content (AvgIpc) is 3.35. The minimum absolute atomic E-state index is 0.0124. The van der Waals surface area contributed by atoms with E-state index in [1.54, 1.807) is 36.7 Å². The van der Waals surface area contributed by atoms with Crippen molar-refractivity contribution in [1.29, 1.82) is 0 Å². The number of aliphatic carboxylic acids is 1. The molecule has 0 spiro atoms. The van der Waals surface area contributed by atoms with Crippen LogP contribution in [0.25, 0.3) is 22.8 Å². The van der Waals surface area contributed by atoms with Crippen molar-refractivity contribution in [1.82, 2.24) is 30.6 Å². The number of aromatic nitrogens is 4. The predicted molar refractivity (Wildman–Crippen MR) is 301 cm³/mol. The first-order valence-electron chi connectivity index (χ1n) is 25.6. The molecule has 1 aliphatic heterocycles. The van der Waals surface area contributed by atoms with Crippen LogP contribution in [-0.2, 0) is 38.0 Å². The Morgan fingerprint density at radius 3 is 1.35 bits per heavy atom. The van der Waals surface area contributed by atoms with Crippen molar-refractivity contribution in [2.75, 3.05) is 18.0 Å². The van der Waals surface area contributed by atoms with Crippen LogP contribution < -0.4 is 15.5 Å². The van der Waals surface area contributed by atoms with Crippen molar-refractivity contribution in [2.45, 2.75) is 137 Å². The van der Waals surface area contributed by atoms with Crippen molar-refractivity contribution in [3.8, 4) is 22.8 Å². The van der Waals surface area contributed by atoms with Crippen LogP contribution in [0.2, 0.25) is 0 Å². The number of carbonyl (C=O) groups is 4. The maximum absolute atomic E-state index is 13.0. The second-order valence-electron chi connectivity index (χ2n) is 23.5. The summed E-state index contributed by atoms with van der Waals surface area (Å²) in [6, 6.07) is 28.0. The van der Waals surface area contributed by atoms with Crippen LogP contribution in [0.4, 0.5) is 5.69 Å². The van der Waals surface area contributed by atoms with Gasteiger partial charge in [-0.05, 0) is 118 Å². The molecule has 75 heavy (non-hydrogen) atoms. The summed E-state index contributed by atoms with van der Waals surface area (Å²) in [5.41, 5.74) is 7.25. The van der Waals surface area contributed by atoms with E-state index >= 15 is 0 Å². The Morgan fingerprint density at radius 1 is 0.587 bits per heavy atom. The maximum Gasteiger partial charge on any atom is 0.329 e. The van der Waals surface area contributed by atoms with Crippen molar-refractivity contribution >= 4 is 45.4 Å². The fourth-order valence-electron chi connectivity index (χ4n) is 8.64. The number of hydrogen-bond donors (Lipinski definition) is 3. The molecule has 0 bridgehead atoms. The Bertz CT molecular complexity index is 2860. The number of nitrogens with zero attached hydrogens (tertiary/aromatic N) is 5. The van der Waals surface area contributed by atoms with Crippen LogP contribution in [-0.4, -0.2) is 79.6 Å². The van der Waals surface area contributed by atoms with Gasteiger partial charge in [-0.2, -0.15) is 0 Å². The van der Waals surface area contributed by atoms with Crippen LogP contribution in [0.3, 0.4) is 0 Å². The van der Waals surface area contributed by atoms with E-state index in [0.717, 1.165) is 62.5 Å². The smallest absolute Gasteiger partial charge is 0.329 e. The van der Waals surface area contributed by atoms with E-state index in [4.69, 9.17) is 4.74 Å². The van der Waals surface area contributed by atoms with E-state index in [9.17, 15) is 24.3 Å². The molecule has 396 valence electrons. The molecule has 0 unspecified atom stereocenters. The fourth-order valence-corrected chi connectivity index (χ4v) is 8.85. The Kier molecular flexibility index (Phi) is 18.6. The quantitative estimate of drug-likeness (QED) is 0.0938. The molecule has 1 aliphatic rings. The van der Waals surface area contributed by atoms with Gasteiger partial charge in [-0.3, -0.25) is 9.59 Å². The molecule has 1 fully saturated rings. The summed E-state index contributed by atoms with van der Waals surface area (Å²) >= 11 is 3.34. The van der Waals surface area contributed by atoms with Crippen LogP contribution in [0.1, 0.15) is 139 Å². The molecule has 0 saturated carbocycles. The molecule has 1 saturated heterocycles. The Labute approximate surface area is 451 Å². The predicted octanol–water partition coefficient (Wildman–Crippen LogP) is 12.0. The van der Waals surface area contributed by atoms with E-state index in [2.05, 4.69) is 114 Å². The molecule has 2 atom stereocenters. The number of esters is 1. The summed E-state index contributed by atoms with van der Waals surface area (Å²) in [6.07, 6.45) is 9.97. The number of carbonyl (C=O) groups excluding carboxylic acids is 3. The van der Waals surface area contributed by atoms with Gasteiger partial charge in [0.05, 0.1) is 22.6 Å². The second kappa shape index (κ2) is 24.3. The number of rotatable bonds is 13. The minimum Gasteiger partial charge on any atom is -0.480 e. The van der Waals surface area contributed by atoms with Gasteiger partial charge in [0.2, 0.25) is 0 Å². The van der Waals surface area contributed by atoms with E-state index in [-0.39, 0.29) is 23.2 Å². The van der Waals surface area contributed by atoms with Crippen molar-refractivity contribution in [3.63, 3.8) is 0 Å². The zero-order chi connectivity index (χ0) is 54.9. The van der Waals surface area contributed by atoms with Crippen LogP contribution in [0, 0.1) is 11.3 Å². The number of carboxylic acid groups (broad SMARTS) is 1. The van der Waals surface area contributed by atoms with Crippen molar-refractivity contribution < 1.29 is 29.0 Å². The third-order valence-electron chi connectivity index (χ3n) is 13.3. The lowest BCUT2D eigenvalue weighted by Gasteiger charge is -2.39. The van der Waals surface area contributed by atoms with Gasteiger partial charge in [0.15, 0.2) is 11.6 Å². The third-order valence-corrected chi connectivity index (χ3v) is 13.7. The molecule has 13 nitrogen and oxygen atoms in total. The lowest BCUT2D eigenvalue weighted by Crippen LogP contribution is -2.45. The number of nitrogens with one attached hydrogen (secondary N) is 2. The molecule has 2 amide bonds. The first-order chi connectivity index (χ1) is 35.1. The minimum atomic E-state index is -1.07. The molecular weight excluding hydrogens is 1010 g/mol. The van der Waals surface area contributed by atoms with Crippen molar-refractivity contribution in [3.05, 3.63) is 160 Å². The number of amides is 2. The highest BCUT2D eigenvalue weighted by molar-refractivity contribution is 9.10. The van der Waals surface area contributed by atoms with E-state index < -0.39 is 35.5 Å². The average molecular weight is 1080 g/mol. The van der Waals surface area contributed by atoms with Gasteiger partial charge in [-0.15, -0.1) is 0 Å².